The van der Waals surface area contributed by atoms with Crippen molar-refractivity contribution in [3.63, 3.8) is 0 Å². The topological polar surface area (TPSA) is 98.2 Å². The number of aliphatic hydroxyl groups is 1. The van der Waals surface area contributed by atoms with Crippen molar-refractivity contribution in [2.45, 2.75) is 26.9 Å². The van der Waals surface area contributed by atoms with Crippen LogP contribution in [0.3, 0.4) is 0 Å². The maximum Gasteiger partial charge on any atom is 0.255 e. The quantitative estimate of drug-likeness (QED) is 0.586. The lowest BCUT2D eigenvalue weighted by molar-refractivity contribution is 0.0595. The van der Waals surface area contributed by atoms with Gasteiger partial charge in [-0.25, -0.2) is 4.98 Å². The van der Waals surface area contributed by atoms with Gasteiger partial charge in [0.1, 0.15) is 11.4 Å². The Kier molecular flexibility index (Phi) is 4.22. The summed E-state index contributed by atoms with van der Waals surface area (Å²) in [5.41, 5.74) is 2.05. The van der Waals surface area contributed by atoms with E-state index in [0.29, 0.717) is 22.6 Å². The van der Waals surface area contributed by atoms with Crippen molar-refractivity contribution in [2.75, 3.05) is 5.32 Å². The molecular weight excluding hydrogens is 318 g/mol. The molecule has 3 aromatic rings. The van der Waals surface area contributed by atoms with Crippen LogP contribution in [-0.2, 0) is 0 Å². The number of carbonyl (C=O) groups is 1. The molecule has 6 nitrogen and oxygen atoms in total. The van der Waals surface area contributed by atoms with Crippen molar-refractivity contribution in [2.24, 2.45) is 5.41 Å². The second kappa shape index (κ2) is 6.22. The number of fused-ring (bicyclic) bond motifs is 1. The molecule has 25 heavy (non-hydrogen) atoms. The number of aromatic nitrogens is 2. The van der Waals surface area contributed by atoms with Crippen molar-refractivity contribution in [1.82, 2.24) is 9.97 Å². The lowest BCUT2D eigenvalue weighted by Gasteiger charge is -2.24. The number of hydrogen-bond donors (Lipinski definition) is 4. The molecule has 0 aliphatic carbocycles. The highest BCUT2D eigenvalue weighted by Gasteiger charge is 2.25. The number of phenolic OH excluding ortho intramolecular Hbond substituents is 1. The summed E-state index contributed by atoms with van der Waals surface area (Å²) >= 11 is 0. The van der Waals surface area contributed by atoms with Crippen LogP contribution >= 0.6 is 0 Å². The fraction of sp³-hybridized carbons (Fsp3) is 0.263. The molecule has 6 heteroatoms. The van der Waals surface area contributed by atoms with Gasteiger partial charge in [-0.2, -0.15) is 0 Å². The van der Waals surface area contributed by atoms with Gasteiger partial charge in [-0.05, 0) is 41.8 Å². The normalized spacial score (nSPS) is 13.0. The molecule has 0 aliphatic heterocycles. The minimum Gasteiger partial charge on any atom is -0.508 e. The van der Waals surface area contributed by atoms with Crippen LogP contribution in [0.2, 0.25) is 0 Å². The SMILES string of the molecule is CC(C)(C)C(O)c1cc2cc(NC(=O)c3ccc(O)cc3)cnc2[nH]1. The van der Waals surface area contributed by atoms with Gasteiger partial charge in [0.15, 0.2) is 0 Å². The summed E-state index contributed by atoms with van der Waals surface area (Å²) in [6.07, 6.45) is 0.918. The van der Waals surface area contributed by atoms with Crippen molar-refractivity contribution >= 4 is 22.6 Å². The van der Waals surface area contributed by atoms with Gasteiger partial charge in [-0.1, -0.05) is 20.8 Å². The monoisotopic (exact) mass is 339 g/mol. The average Bonchev–Trinajstić information content (AvgIpc) is 2.96. The van der Waals surface area contributed by atoms with Crippen LogP contribution < -0.4 is 5.32 Å². The number of nitrogens with zero attached hydrogens (tertiary/aromatic N) is 1. The molecule has 1 amide bonds. The fourth-order valence-corrected chi connectivity index (χ4v) is 2.53. The number of hydrogen-bond acceptors (Lipinski definition) is 4. The molecule has 0 bridgehead atoms. The van der Waals surface area contributed by atoms with E-state index in [9.17, 15) is 15.0 Å². The Hall–Kier alpha value is -2.86. The van der Waals surface area contributed by atoms with Crippen molar-refractivity contribution in [3.05, 3.63) is 53.9 Å². The summed E-state index contributed by atoms with van der Waals surface area (Å²) in [6.45, 7) is 5.87. The molecule has 4 N–H and O–H groups in total. The third kappa shape index (κ3) is 3.64. The first-order valence-electron chi connectivity index (χ1n) is 8.01. The van der Waals surface area contributed by atoms with Gasteiger partial charge in [0.2, 0.25) is 0 Å². The highest BCUT2D eigenvalue weighted by atomic mass is 16.3. The lowest BCUT2D eigenvalue weighted by Crippen LogP contribution is -2.17. The van der Waals surface area contributed by atoms with Crippen LogP contribution in [0, 0.1) is 5.41 Å². The molecule has 0 aliphatic rings. The van der Waals surface area contributed by atoms with E-state index in [2.05, 4.69) is 15.3 Å². The molecule has 0 saturated heterocycles. The molecular formula is C19H21N3O3. The number of aromatic amines is 1. The van der Waals surface area contributed by atoms with E-state index in [1.54, 1.807) is 24.4 Å². The largest absolute Gasteiger partial charge is 0.508 e. The van der Waals surface area contributed by atoms with E-state index in [1.807, 2.05) is 26.8 Å². The highest BCUT2D eigenvalue weighted by Crippen LogP contribution is 2.33. The summed E-state index contributed by atoms with van der Waals surface area (Å²) in [5, 5.41) is 23.3. The van der Waals surface area contributed by atoms with E-state index in [0.717, 1.165) is 5.39 Å². The maximum absolute atomic E-state index is 12.2. The molecule has 0 fully saturated rings. The van der Waals surface area contributed by atoms with Crippen LogP contribution in [0.5, 0.6) is 5.75 Å². The number of anilines is 1. The summed E-state index contributed by atoms with van der Waals surface area (Å²) in [7, 11) is 0. The minimum absolute atomic E-state index is 0.108. The molecule has 2 heterocycles. The number of amides is 1. The summed E-state index contributed by atoms with van der Waals surface area (Å²) in [4.78, 5) is 19.7. The Bertz CT molecular complexity index is 908. The Morgan fingerprint density at radius 2 is 1.88 bits per heavy atom. The van der Waals surface area contributed by atoms with Crippen LogP contribution in [0.4, 0.5) is 5.69 Å². The van der Waals surface area contributed by atoms with Crippen LogP contribution in [0.25, 0.3) is 11.0 Å². The number of carbonyl (C=O) groups excluding carboxylic acids is 1. The maximum atomic E-state index is 12.2. The molecule has 1 aromatic carbocycles. The van der Waals surface area contributed by atoms with E-state index in [4.69, 9.17) is 0 Å². The first-order valence-corrected chi connectivity index (χ1v) is 8.01. The Balaban J connectivity index is 1.83. The third-order valence-corrected chi connectivity index (χ3v) is 3.99. The van der Waals surface area contributed by atoms with Crippen molar-refractivity contribution < 1.29 is 15.0 Å². The fourth-order valence-electron chi connectivity index (χ4n) is 2.53. The second-order valence-electron chi connectivity index (χ2n) is 7.16. The standard InChI is InChI=1S/C19H21N3O3/c1-19(2,3)16(24)15-9-12-8-13(10-20-17(12)22-15)21-18(25)11-4-6-14(23)7-5-11/h4-10,16,23-24H,1-3H3,(H,20,22)(H,21,25). The number of aliphatic hydroxyl groups excluding tert-OH is 1. The van der Waals surface area contributed by atoms with Gasteiger partial charge in [-0.3, -0.25) is 4.79 Å². The van der Waals surface area contributed by atoms with Gasteiger partial charge in [0, 0.05) is 16.6 Å². The zero-order valence-corrected chi connectivity index (χ0v) is 14.4. The number of rotatable bonds is 3. The van der Waals surface area contributed by atoms with Crippen molar-refractivity contribution in [3.8, 4) is 5.75 Å². The smallest absolute Gasteiger partial charge is 0.255 e. The van der Waals surface area contributed by atoms with Gasteiger partial charge in [0.05, 0.1) is 18.0 Å². The lowest BCUT2D eigenvalue weighted by atomic mass is 9.87. The highest BCUT2D eigenvalue weighted by molar-refractivity contribution is 6.04. The molecule has 0 saturated carbocycles. The number of nitrogens with one attached hydrogen (secondary N) is 2. The molecule has 2 aromatic heterocycles. The number of H-pyrrole nitrogens is 1. The van der Waals surface area contributed by atoms with E-state index in [-0.39, 0.29) is 17.1 Å². The van der Waals surface area contributed by atoms with E-state index >= 15 is 0 Å². The van der Waals surface area contributed by atoms with Crippen LogP contribution in [0.1, 0.15) is 42.9 Å². The Morgan fingerprint density at radius 1 is 1.20 bits per heavy atom. The molecule has 1 atom stereocenters. The van der Waals surface area contributed by atoms with Crippen LogP contribution in [0.15, 0.2) is 42.6 Å². The zero-order valence-electron chi connectivity index (χ0n) is 14.4. The van der Waals surface area contributed by atoms with Gasteiger partial charge < -0.3 is 20.5 Å². The predicted octanol–water partition coefficient (Wildman–Crippen LogP) is 3.60. The Morgan fingerprint density at radius 3 is 2.52 bits per heavy atom. The molecule has 1 unspecified atom stereocenters. The summed E-state index contributed by atoms with van der Waals surface area (Å²) in [5.74, 6) is -0.177. The summed E-state index contributed by atoms with van der Waals surface area (Å²) in [6, 6.07) is 9.66. The molecule has 3 rings (SSSR count). The first-order chi connectivity index (χ1) is 11.7. The summed E-state index contributed by atoms with van der Waals surface area (Å²) < 4.78 is 0. The van der Waals surface area contributed by atoms with Crippen molar-refractivity contribution in [1.29, 1.82) is 0 Å². The third-order valence-electron chi connectivity index (χ3n) is 3.99. The second-order valence-corrected chi connectivity index (χ2v) is 7.16. The molecule has 130 valence electrons. The minimum atomic E-state index is -0.642. The van der Waals surface area contributed by atoms with Crippen LogP contribution in [-0.4, -0.2) is 26.1 Å². The number of aromatic hydroxyl groups is 1. The zero-order chi connectivity index (χ0) is 18.2. The number of phenols is 1. The van der Waals surface area contributed by atoms with E-state index in [1.165, 1.54) is 12.1 Å². The van der Waals surface area contributed by atoms with E-state index < -0.39 is 6.10 Å². The van der Waals surface area contributed by atoms with Gasteiger partial charge >= 0.3 is 0 Å². The molecule has 0 spiro atoms. The van der Waals surface area contributed by atoms with Gasteiger partial charge in [0.25, 0.3) is 5.91 Å². The number of pyridine rings is 1. The first kappa shape index (κ1) is 17.0. The molecule has 0 radical (unpaired) electrons. The number of benzene rings is 1. The average molecular weight is 339 g/mol. The Labute approximate surface area is 145 Å². The predicted molar refractivity (Wildman–Crippen MR) is 96.6 cm³/mol. The van der Waals surface area contributed by atoms with Gasteiger partial charge in [-0.15, -0.1) is 0 Å².